The summed E-state index contributed by atoms with van der Waals surface area (Å²) in [5, 5.41) is 6.63. The molecule has 1 N–H and O–H groups in total. The van der Waals surface area contributed by atoms with E-state index in [0.717, 1.165) is 0 Å². The molecule has 4 aromatic rings. The molecule has 0 saturated heterocycles. The van der Waals surface area contributed by atoms with Crippen molar-refractivity contribution in [2.75, 3.05) is 5.32 Å². The van der Waals surface area contributed by atoms with E-state index in [4.69, 9.17) is 9.15 Å². The van der Waals surface area contributed by atoms with Crippen molar-refractivity contribution in [3.05, 3.63) is 101 Å². The number of furan rings is 1. The zero-order valence-electron chi connectivity index (χ0n) is 16.6. The van der Waals surface area contributed by atoms with E-state index in [0.29, 0.717) is 11.3 Å². The highest BCUT2D eigenvalue weighted by Gasteiger charge is 2.21. The lowest BCUT2D eigenvalue weighted by molar-refractivity contribution is 0.0992. The van der Waals surface area contributed by atoms with Gasteiger partial charge in [0, 0.05) is 12.3 Å². The van der Waals surface area contributed by atoms with Gasteiger partial charge in [-0.1, -0.05) is 12.1 Å². The highest BCUT2D eigenvalue weighted by Crippen LogP contribution is 2.27. The summed E-state index contributed by atoms with van der Waals surface area (Å²) in [5.74, 6) is -9.03. The van der Waals surface area contributed by atoms with Gasteiger partial charge >= 0.3 is 0 Å². The number of halogens is 5. The molecule has 0 aliphatic carbocycles. The quantitative estimate of drug-likeness (QED) is 0.308. The van der Waals surface area contributed by atoms with Crippen LogP contribution in [0.2, 0.25) is 0 Å². The number of hydrogen-bond acceptors (Lipinski definition) is 4. The van der Waals surface area contributed by atoms with Gasteiger partial charge in [-0.3, -0.25) is 9.48 Å². The number of aromatic nitrogens is 2. The zero-order chi connectivity index (χ0) is 23.5. The van der Waals surface area contributed by atoms with Crippen LogP contribution in [0.25, 0.3) is 0 Å². The second kappa shape index (κ2) is 9.15. The molecule has 0 bridgehead atoms. The first kappa shape index (κ1) is 22.1. The maximum atomic E-state index is 13.7. The van der Waals surface area contributed by atoms with Gasteiger partial charge in [0.1, 0.15) is 18.2 Å². The maximum Gasteiger partial charge on any atom is 0.291 e. The van der Waals surface area contributed by atoms with Crippen molar-refractivity contribution in [3.8, 4) is 5.75 Å². The molecule has 0 aliphatic rings. The fraction of sp³-hybridized carbons (Fsp3) is 0.0909. The summed E-state index contributed by atoms with van der Waals surface area (Å²) in [6.45, 7) is -0.306. The van der Waals surface area contributed by atoms with Crippen molar-refractivity contribution in [3.63, 3.8) is 0 Å². The molecule has 11 heteroatoms. The second-order valence-corrected chi connectivity index (χ2v) is 6.86. The molecule has 170 valence electrons. The first-order valence-corrected chi connectivity index (χ1v) is 9.43. The lowest BCUT2D eigenvalue weighted by atomic mass is 10.2. The minimum Gasteiger partial charge on any atom is -0.479 e. The highest BCUT2D eigenvalue weighted by molar-refractivity contribution is 6.02. The van der Waals surface area contributed by atoms with E-state index < -0.39 is 41.5 Å². The van der Waals surface area contributed by atoms with Crippen LogP contribution in [0.4, 0.5) is 27.6 Å². The number of carbonyl (C=O) groups is 1. The topological polar surface area (TPSA) is 69.3 Å². The Labute approximate surface area is 183 Å². The van der Waals surface area contributed by atoms with Gasteiger partial charge in [-0.25, -0.2) is 13.2 Å². The third-order valence-electron chi connectivity index (χ3n) is 4.44. The van der Waals surface area contributed by atoms with Crippen LogP contribution in [-0.4, -0.2) is 15.7 Å². The van der Waals surface area contributed by atoms with Crippen LogP contribution in [0.3, 0.4) is 0 Å². The van der Waals surface area contributed by atoms with Gasteiger partial charge in [-0.2, -0.15) is 13.9 Å². The smallest absolute Gasteiger partial charge is 0.291 e. The van der Waals surface area contributed by atoms with Crippen LogP contribution in [0.15, 0.2) is 59.3 Å². The van der Waals surface area contributed by atoms with E-state index in [1.807, 2.05) is 0 Å². The third-order valence-corrected chi connectivity index (χ3v) is 4.44. The Balaban J connectivity index is 1.37. The molecule has 2 heterocycles. The van der Waals surface area contributed by atoms with Crippen molar-refractivity contribution >= 4 is 11.6 Å². The number of rotatable bonds is 7. The number of amides is 1. The molecule has 0 radical (unpaired) electrons. The molecule has 0 fully saturated rings. The molecule has 2 aromatic heterocycles. The monoisotopic (exact) mass is 463 g/mol. The Morgan fingerprint density at radius 2 is 1.79 bits per heavy atom. The van der Waals surface area contributed by atoms with Crippen LogP contribution in [0.1, 0.15) is 21.9 Å². The fourth-order valence-corrected chi connectivity index (χ4v) is 2.93. The molecule has 0 saturated carbocycles. The highest BCUT2D eigenvalue weighted by atomic mass is 19.2. The molecule has 4 rings (SSSR count). The summed E-state index contributed by atoms with van der Waals surface area (Å²) in [5.41, 5.74) is 1.02. The standard InChI is InChI=1S/C22H14F5N3O3/c23-13-3-1-2-12(6-13)9-30-10-14(8-28-30)29-22(31)18-5-4-15(33-18)11-32-21-19(26)16(24)7-17(25)20(21)27/h1-8,10H,9,11H2,(H,29,31). The minimum atomic E-state index is -1.69. The summed E-state index contributed by atoms with van der Waals surface area (Å²) in [6.07, 6.45) is 2.91. The zero-order valence-corrected chi connectivity index (χ0v) is 16.6. The number of hydrogen-bond donors (Lipinski definition) is 1. The van der Waals surface area contributed by atoms with Crippen LogP contribution in [0, 0.1) is 29.1 Å². The summed E-state index contributed by atoms with van der Waals surface area (Å²) in [6, 6.07) is 8.63. The van der Waals surface area contributed by atoms with Gasteiger partial charge < -0.3 is 14.5 Å². The molecule has 0 atom stereocenters. The SMILES string of the molecule is O=C(Nc1cnn(Cc2cccc(F)c2)c1)c1ccc(COc2c(F)c(F)cc(F)c2F)o1. The van der Waals surface area contributed by atoms with Gasteiger partial charge in [-0.15, -0.1) is 0 Å². The van der Waals surface area contributed by atoms with E-state index in [9.17, 15) is 26.7 Å². The lowest BCUT2D eigenvalue weighted by Gasteiger charge is -2.08. The van der Waals surface area contributed by atoms with E-state index in [1.54, 1.807) is 12.1 Å². The van der Waals surface area contributed by atoms with Crippen LogP contribution >= 0.6 is 0 Å². The van der Waals surface area contributed by atoms with Gasteiger partial charge in [0.2, 0.25) is 11.6 Å². The number of carbonyl (C=O) groups excluding carboxylic acids is 1. The van der Waals surface area contributed by atoms with E-state index >= 15 is 0 Å². The van der Waals surface area contributed by atoms with Crippen molar-refractivity contribution in [1.82, 2.24) is 9.78 Å². The van der Waals surface area contributed by atoms with Gasteiger partial charge in [-0.05, 0) is 29.8 Å². The summed E-state index contributed by atoms with van der Waals surface area (Å²) >= 11 is 0. The van der Waals surface area contributed by atoms with Crippen molar-refractivity contribution in [2.24, 2.45) is 0 Å². The van der Waals surface area contributed by atoms with E-state index in [1.165, 1.54) is 41.3 Å². The van der Waals surface area contributed by atoms with Gasteiger partial charge in [0.15, 0.2) is 23.1 Å². The third kappa shape index (κ3) is 5.03. The number of nitrogens with one attached hydrogen (secondary N) is 1. The molecular formula is C22H14F5N3O3. The Kier molecular flexibility index (Phi) is 6.11. The summed E-state index contributed by atoms with van der Waals surface area (Å²) in [4.78, 5) is 12.4. The number of nitrogens with zero attached hydrogens (tertiary/aromatic N) is 2. The Morgan fingerprint density at radius 1 is 1.03 bits per heavy atom. The Bertz CT molecular complexity index is 1290. The average Bonchev–Trinajstić information content (AvgIpc) is 3.42. The van der Waals surface area contributed by atoms with Crippen molar-refractivity contribution < 1.29 is 35.9 Å². The molecule has 1 amide bonds. The van der Waals surface area contributed by atoms with Gasteiger partial charge in [0.25, 0.3) is 5.91 Å². The van der Waals surface area contributed by atoms with Crippen LogP contribution in [-0.2, 0) is 13.2 Å². The number of anilines is 1. The summed E-state index contributed by atoms with van der Waals surface area (Å²) in [7, 11) is 0. The molecule has 2 aromatic carbocycles. The molecule has 0 unspecified atom stereocenters. The average molecular weight is 463 g/mol. The maximum absolute atomic E-state index is 13.7. The Hall–Kier alpha value is -4.15. The molecule has 0 aliphatic heterocycles. The molecular weight excluding hydrogens is 449 g/mol. The van der Waals surface area contributed by atoms with Gasteiger partial charge in [0.05, 0.1) is 18.4 Å². The lowest BCUT2D eigenvalue weighted by Crippen LogP contribution is -2.10. The van der Waals surface area contributed by atoms with Crippen LogP contribution in [0.5, 0.6) is 5.75 Å². The fourth-order valence-electron chi connectivity index (χ4n) is 2.93. The predicted molar refractivity (Wildman–Crippen MR) is 105 cm³/mol. The van der Waals surface area contributed by atoms with Crippen LogP contribution < -0.4 is 10.1 Å². The van der Waals surface area contributed by atoms with Crippen molar-refractivity contribution in [1.29, 1.82) is 0 Å². The first-order valence-electron chi connectivity index (χ1n) is 9.43. The summed E-state index contributed by atoms with van der Waals surface area (Å²) < 4.78 is 78.6. The normalized spacial score (nSPS) is 10.9. The Morgan fingerprint density at radius 3 is 2.52 bits per heavy atom. The van der Waals surface area contributed by atoms with E-state index in [-0.39, 0.29) is 29.9 Å². The number of benzene rings is 2. The predicted octanol–water partition coefficient (Wildman–Crippen LogP) is 5.05. The minimum absolute atomic E-state index is 0.0228. The molecule has 33 heavy (non-hydrogen) atoms. The second-order valence-electron chi connectivity index (χ2n) is 6.86. The van der Waals surface area contributed by atoms with Crippen molar-refractivity contribution in [2.45, 2.75) is 13.2 Å². The largest absolute Gasteiger partial charge is 0.479 e. The molecule has 6 nitrogen and oxygen atoms in total. The molecule has 0 spiro atoms. The number of ether oxygens (including phenoxy) is 1. The van der Waals surface area contributed by atoms with E-state index in [2.05, 4.69) is 10.4 Å². The first-order chi connectivity index (χ1) is 15.8.